The minimum atomic E-state index is 0.664. The zero-order valence-corrected chi connectivity index (χ0v) is 16.0. The van der Waals surface area contributed by atoms with Gasteiger partial charge in [0.2, 0.25) is 0 Å². The fourth-order valence-corrected chi connectivity index (χ4v) is 5.59. The Kier molecular flexibility index (Phi) is 6.49. The third kappa shape index (κ3) is 4.09. The molecule has 2 fully saturated rings. The molecule has 3 aliphatic rings. The lowest BCUT2D eigenvalue weighted by Gasteiger charge is -2.29. The maximum absolute atomic E-state index is 4.82. The Hall–Kier alpha value is -0.700. The van der Waals surface area contributed by atoms with Crippen LogP contribution in [0.5, 0.6) is 0 Å². The highest BCUT2D eigenvalue weighted by atomic mass is 15.0. The average molecular weight is 332 g/mol. The molecule has 2 heterocycles. The van der Waals surface area contributed by atoms with E-state index in [0.29, 0.717) is 6.67 Å². The van der Waals surface area contributed by atoms with Crippen LogP contribution in [0.25, 0.3) is 0 Å². The molecule has 0 amide bonds. The molecule has 1 N–H and O–H groups in total. The predicted octanol–water partition coefficient (Wildman–Crippen LogP) is 4.86. The molecule has 24 heavy (non-hydrogen) atoms. The van der Waals surface area contributed by atoms with Gasteiger partial charge in [0.05, 0.1) is 0 Å². The van der Waals surface area contributed by atoms with Crippen LogP contribution in [0.2, 0.25) is 0 Å². The van der Waals surface area contributed by atoms with Crippen molar-refractivity contribution < 1.29 is 0 Å². The summed E-state index contributed by atoms with van der Waals surface area (Å²) in [5.74, 6) is 3.28. The van der Waals surface area contributed by atoms with E-state index in [4.69, 9.17) is 4.99 Å². The Labute approximate surface area is 148 Å². The van der Waals surface area contributed by atoms with Crippen molar-refractivity contribution in [3.05, 3.63) is 0 Å². The molecule has 0 aromatic rings. The summed E-state index contributed by atoms with van der Waals surface area (Å²) in [6.07, 6.45) is 13.7. The molecule has 5 atom stereocenters. The second-order valence-corrected chi connectivity index (χ2v) is 8.59. The first-order valence-electron chi connectivity index (χ1n) is 10.5. The summed E-state index contributed by atoms with van der Waals surface area (Å²) in [6, 6.07) is 1.47. The molecule has 0 spiro atoms. The number of hydrogen-bond donors (Lipinski definition) is 1. The maximum atomic E-state index is 4.82. The molecule has 2 aliphatic heterocycles. The molecule has 1 saturated heterocycles. The van der Waals surface area contributed by atoms with Crippen LogP contribution in [0.1, 0.15) is 78.6 Å². The molecule has 1 aliphatic carbocycles. The van der Waals surface area contributed by atoms with Gasteiger partial charge in [-0.2, -0.15) is 0 Å². The number of rotatable bonds is 4. The van der Waals surface area contributed by atoms with Crippen molar-refractivity contribution in [3.8, 4) is 0 Å². The van der Waals surface area contributed by atoms with E-state index in [1.807, 2.05) is 0 Å². The third-order valence-electron chi connectivity index (χ3n) is 6.65. The second kappa shape index (κ2) is 8.60. The maximum Gasteiger partial charge on any atom is 0.128 e. The van der Waals surface area contributed by atoms with Gasteiger partial charge in [0.25, 0.3) is 0 Å². The van der Waals surface area contributed by atoms with Crippen LogP contribution in [0.3, 0.4) is 0 Å². The van der Waals surface area contributed by atoms with Crippen molar-refractivity contribution in [2.75, 3.05) is 6.67 Å². The minimum absolute atomic E-state index is 0.664. The van der Waals surface area contributed by atoms with E-state index >= 15 is 0 Å². The Bertz CT molecular complexity index is 454. The zero-order valence-electron chi connectivity index (χ0n) is 16.0. The highest BCUT2D eigenvalue weighted by Crippen LogP contribution is 2.44. The van der Waals surface area contributed by atoms with Gasteiger partial charge in [0, 0.05) is 24.0 Å². The number of nitrogens with zero attached hydrogens (tertiary/aromatic N) is 2. The monoisotopic (exact) mass is 331 g/mol. The van der Waals surface area contributed by atoms with Crippen molar-refractivity contribution in [1.29, 1.82) is 0 Å². The summed E-state index contributed by atoms with van der Waals surface area (Å²) in [7, 11) is 0. The van der Waals surface area contributed by atoms with Gasteiger partial charge in [-0.05, 0) is 68.6 Å². The smallest absolute Gasteiger partial charge is 0.128 e. The van der Waals surface area contributed by atoms with Gasteiger partial charge >= 0.3 is 0 Å². The summed E-state index contributed by atoms with van der Waals surface area (Å²) in [5.41, 5.74) is 1.45. The van der Waals surface area contributed by atoms with E-state index in [1.165, 1.54) is 57.1 Å². The summed E-state index contributed by atoms with van der Waals surface area (Å²) in [6.45, 7) is 7.88. The van der Waals surface area contributed by atoms with E-state index in [9.17, 15) is 0 Å². The Morgan fingerprint density at radius 1 is 1.29 bits per heavy atom. The topological polar surface area (TPSA) is 36.8 Å². The van der Waals surface area contributed by atoms with Gasteiger partial charge in [-0.25, -0.2) is 0 Å². The lowest BCUT2D eigenvalue weighted by Crippen LogP contribution is -2.38. The number of aliphatic imine (C=N–C) groups is 2. The Balaban J connectivity index is 1.80. The number of hydrogen-bond acceptors (Lipinski definition) is 3. The molecular formula is C21H37N3. The highest BCUT2D eigenvalue weighted by molar-refractivity contribution is 5.85. The van der Waals surface area contributed by atoms with Gasteiger partial charge in [0.1, 0.15) is 6.67 Å². The van der Waals surface area contributed by atoms with E-state index in [1.54, 1.807) is 0 Å². The second-order valence-electron chi connectivity index (χ2n) is 8.59. The lowest BCUT2D eigenvalue weighted by molar-refractivity contribution is 0.224. The Morgan fingerprint density at radius 2 is 2.17 bits per heavy atom. The molecule has 136 valence electrons. The van der Waals surface area contributed by atoms with E-state index < -0.39 is 0 Å². The molecule has 0 radical (unpaired) electrons. The summed E-state index contributed by atoms with van der Waals surface area (Å²) in [5, 5.41) is 4.15. The molecule has 3 nitrogen and oxygen atoms in total. The van der Waals surface area contributed by atoms with Crippen LogP contribution in [-0.2, 0) is 0 Å². The largest absolute Gasteiger partial charge is 0.310 e. The normalized spacial score (nSPS) is 40.5. The van der Waals surface area contributed by atoms with E-state index in [2.05, 4.69) is 37.3 Å². The molecule has 3 rings (SSSR count). The average Bonchev–Trinajstić information content (AvgIpc) is 2.86. The number of nitrogens with one attached hydrogen (secondary N) is 1. The van der Waals surface area contributed by atoms with Gasteiger partial charge in [-0.3, -0.25) is 9.98 Å². The van der Waals surface area contributed by atoms with Crippen LogP contribution in [0.15, 0.2) is 9.98 Å². The van der Waals surface area contributed by atoms with Crippen molar-refractivity contribution >= 4 is 11.9 Å². The van der Waals surface area contributed by atoms with Crippen molar-refractivity contribution in [2.45, 2.75) is 90.6 Å². The molecule has 2 bridgehead atoms. The van der Waals surface area contributed by atoms with Crippen LogP contribution >= 0.6 is 0 Å². The first kappa shape index (κ1) is 18.1. The highest BCUT2D eigenvalue weighted by Gasteiger charge is 2.47. The molecular weight excluding hydrogens is 294 g/mol. The Morgan fingerprint density at radius 3 is 2.96 bits per heavy atom. The first-order chi connectivity index (χ1) is 11.7. The molecule has 5 unspecified atom stereocenters. The number of unbranched alkanes of at least 4 members (excludes halogenated alkanes) is 1. The number of fused-ring (bicyclic) bond motifs is 4. The lowest BCUT2D eigenvalue weighted by atomic mass is 9.74. The van der Waals surface area contributed by atoms with Crippen LogP contribution in [0.4, 0.5) is 0 Å². The fraction of sp³-hybridized carbons (Fsp3) is 0.905. The van der Waals surface area contributed by atoms with E-state index in [0.717, 1.165) is 42.2 Å². The van der Waals surface area contributed by atoms with Crippen LogP contribution in [0, 0.1) is 23.7 Å². The van der Waals surface area contributed by atoms with Gasteiger partial charge in [-0.15, -0.1) is 0 Å². The molecule has 0 aromatic heterocycles. The van der Waals surface area contributed by atoms with E-state index in [-0.39, 0.29) is 0 Å². The fourth-order valence-electron chi connectivity index (χ4n) is 5.59. The van der Waals surface area contributed by atoms with Crippen LogP contribution < -0.4 is 5.32 Å². The summed E-state index contributed by atoms with van der Waals surface area (Å²) >= 11 is 0. The molecule has 0 aromatic carbocycles. The molecule has 3 heteroatoms. The van der Waals surface area contributed by atoms with Crippen molar-refractivity contribution in [2.24, 2.45) is 33.7 Å². The SMILES string of the molecule is CCCCC1NC2C3CCC/C=N\C/N=C(/CCC2C1C(C)C)C3. The van der Waals surface area contributed by atoms with Crippen LogP contribution in [-0.4, -0.2) is 30.7 Å². The quantitative estimate of drug-likeness (QED) is 0.785. The van der Waals surface area contributed by atoms with Crippen molar-refractivity contribution in [3.63, 3.8) is 0 Å². The first-order valence-corrected chi connectivity index (χ1v) is 10.5. The third-order valence-corrected chi connectivity index (χ3v) is 6.65. The zero-order chi connectivity index (χ0) is 16.9. The molecule has 1 saturated carbocycles. The predicted molar refractivity (Wildman–Crippen MR) is 104 cm³/mol. The van der Waals surface area contributed by atoms with Crippen molar-refractivity contribution in [1.82, 2.24) is 5.32 Å². The minimum Gasteiger partial charge on any atom is -0.310 e. The van der Waals surface area contributed by atoms with Gasteiger partial charge < -0.3 is 5.32 Å². The summed E-state index contributed by atoms with van der Waals surface area (Å²) in [4.78, 5) is 9.27. The van der Waals surface area contributed by atoms with Gasteiger partial charge in [-0.1, -0.05) is 33.6 Å². The standard InChI is InChI=1S/C21H37N3/c1-4-5-9-19-20(15(2)3)18-11-10-17-13-16(21(18)24-19)8-6-7-12-22-14-23-17/h12,15-16,18-21,24H,4-11,13-14H2,1-3H3/b22-12-,23-17-. The van der Waals surface area contributed by atoms with Gasteiger partial charge in [0.15, 0.2) is 0 Å². The summed E-state index contributed by atoms with van der Waals surface area (Å²) < 4.78 is 0.